The van der Waals surface area contributed by atoms with E-state index >= 15 is 0 Å². The number of aromatic hydroxyl groups is 1. The van der Waals surface area contributed by atoms with Crippen molar-refractivity contribution in [2.24, 2.45) is 0 Å². The van der Waals surface area contributed by atoms with Crippen LogP contribution in [0.25, 0.3) is 0 Å². The van der Waals surface area contributed by atoms with Crippen LogP contribution in [0, 0.1) is 0 Å². The van der Waals surface area contributed by atoms with Crippen LogP contribution in [0.2, 0.25) is 0 Å². The third-order valence-corrected chi connectivity index (χ3v) is 8.31. The van der Waals surface area contributed by atoms with Gasteiger partial charge < -0.3 is 26.2 Å². The minimum absolute atomic E-state index is 0.0434. The minimum atomic E-state index is -1.30. The Bertz CT molecular complexity index is 1140. The highest BCUT2D eigenvalue weighted by Gasteiger charge is 2.34. The van der Waals surface area contributed by atoms with Gasteiger partial charge in [0.05, 0.1) is 4.75 Å². The maximum atomic E-state index is 13.0. The molecular weight excluding hydrogens is 562 g/mol. The Balaban J connectivity index is 2.30. The molecule has 3 amide bonds. The van der Waals surface area contributed by atoms with E-state index in [4.69, 9.17) is 5.11 Å². The summed E-state index contributed by atoms with van der Waals surface area (Å²) >= 11 is 1.67. The summed E-state index contributed by atoms with van der Waals surface area (Å²) in [6, 6.07) is 3.23. The van der Waals surface area contributed by atoms with E-state index in [0.29, 0.717) is 12.8 Å². The summed E-state index contributed by atoms with van der Waals surface area (Å²) in [7, 11) is 0. The van der Waals surface area contributed by atoms with Gasteiger partial charge in [0.25, 0.3) is 0 Å². The number of hydrogen-bond donors (Lipinski definition) is 5. The highest BCUT2D eigenvalue weighted by atomic mass is 32.2. The normalized spacial score (nSPS) is 12.3. The molecule has 0 saturated carbocycles. The molecule has 0 heterocycles. The highest BCUT2D eigenvalue weighted by molar-refractivity contribution is 8.01. The van der Waals surface area contributed by atoms with Gasteiger partial charge in [-0.05, 0) is 75.3 Å². The zero-order valence-corrected chi connectivity index (χ0v) is 26.6. The summed E-state index contributed by atoms with van der Waals surface area (Å²) in [6.07, 6.45) is 29.0. The van der Waals surface area contributed by atoms with Crippen molar-refractivity contribution in [3.05, 3.63) is 84.5 Å². The molecule has 8 nitrogen and oxygen atoms in total. The van der Waals surface area contributed by atoms with E-state index in [2.05, 4.69) is 83.6 Å². The monoisotopic (exact) mass is 611 g/mol. The van der Waals surface area contributed by atoms with Crippen LogP contribution >= 0.6 is 11.8 Å². The average Bonchev–Trinajstić information content (AvgIpc) is 2.99. The number of carbonyl (C=O) groups excluding carboxylic acids is 2. The van der Waals surface area contributed by atoms with Gasteiger partial charge in [-0.15, -0.1) is 11.8 Å². The third-order valence-electron chi connectivity index (χ3n) is 6.56. The quantitative estimate of drug-likeness (QED) is 0.0549. The maximum Gasteiger partial charge on any atom is 0.339 e. The van der Waals surface area contributed by atoms with Gasteiger partial charge in [0, 0.05) is 18.8 Å². The second-order valence-corrected chi connectivity index (χ2v) is 11.2. The Morgan fingerprint density at radius 3 is 1.86 bits per heavy atom. The molecule has 0 unspecified atom stereocenters. The van der Waals surface area contributed by atoms with Crippen LogP contribution in [0.5, 0.6) is 5.75 Å². The van der Waals surface area contributed by atoms with Gasteiger partial charge in [-0.25, -0.2) is 9.59 Å². The number of rotatable bonds is 21. The number of aromatic carboxylic acids is 1. The summed E-state index contributed by atoms with van der Waals surface area (Å²) in [5.41, 5.74) is -0.0731. The molecule has 0 saturated heterocycles. The summed E-state index contributed by atoms with van der Waals surface area (Å²) in [4.78, 5) is 36.3. The molecule has 1 aromatic carbocycles. The molecular formula is C34H49N3O5S. The predicted octanol–water partition coefficient (Wildman–Crippen LogP) is 7.76. The van der Waals surface area contributed by atoms with E-state index in [1.54, 1.807) is 11.8 Å². The molecule has 5 N–H and O–H groups in total. The summed E-state index contributed by atoms with van der Waals surface area (Å²) < 4.78 is -0.525. The summed E-state index contributed by atoms with van der Waals surface area (Å²) in [6.45, 7) is 6.64. The third kappa shape index (κ3) is 15.9. The van der Waals surface area contributed by atoms with Gasteiger partial charge in [-0.2, -0.15) is 0 Å². The van der Waals surface area contributed by atoms with E-state index < -0.39 is 16.7 Å². The number of carboxylic acid groups (broad SMARTS) is 1. The Morgan fingerprint density at radius 2 is 1.33 bits per heavy atom. The molecule has 9 heteroatoms. The molecule has 236 valence electrons. The molecule has 0 radical (unpaired) electrons. The van der Waals surface area contributed by atoms with Gasteiger partial charge in [-0.3, -0.25) is 4.79 Å². The second kappa shape index (κ2) is 22.8. The first-order valence-electron chi connectivity index (χ1n) is 15.1. The SMILES string of the molecule is CC/C=C\C/C=C\C/C=C\C/C=C\C/C=C\CCSC(CC)(CC)C(=O)NCCNC(=O)Nc1ccc(O)c(C(=O)O)c1. The number of carboxylic acids is 1. The van der Waals surface area contributed by atoms with Gasteiger partial charge in [0.1, 0.15) is 11.3 Å². The van der Waals surface area contributed by atoms with E-state index in [-0.39, 0.29) is 36.0 Å². The molecule has 0 aromatic heterocycles. The van der Waals surface area contributed by atoms with Crippen LogP contribution in [0.3, 0.4) is 0 Å². The maximum absolute atomic E-state index is 13.0. The minimum Gasteiger partial charge on any atom is -0.507 e. The van der Waals surface area contributed by atoms with Crippen LogP contribution in [0.4, 0.5) is 10.5 Å². The van der Waals surface area contributed by atoms with Crippen LogP contribution < -0.4 is 16.0 Å². The average molecular weight is 612 g/mol. The summed E-state index contributed by atoms with van der Waals surface area (Å²) in [5.74, 6) is -0.883. The van der Waals surface area contributed by atoms with Crippen molar-refractivity contribution >= 4 is 35.4 Å². The Kier molecular flexibility index (Phi) is 19.8. The Labute approximate surface area is 261 Å². The molecule has 1 aromatic rings. The lowest BCUT2D eigenvalue weighted by Gasteiger charge is -2.29. The van der Waals surface area contributed by atoms with Gasteiger partial charge in [0.2, 0.25) is 5.91 Å². The van der Waals surface area contributed by atoms with Crippen molar-refractivity contribution in [3.8, 4) is 5.75 Å². The van der Waals surface area contributed by atoms with E-state index in [1.807, 2.05) is 13.8 Å². The van der Waals surface area contributed by atoms with E-state index in [9.17, 15) is 19.5 Å². The number of allylic oxidation sites excluding steroid dienone is 10. The zero-order chi connectivity index (χ0) is 31.8. The van der Waals surface area contributed by atoms with Crippen molar-refractivity contribution in [1.82, 2.24) is 10.6 Å². The van der Waals surface area contributed by atoms with Crippen molar-refractivity contribution < 1.29 is 24.6 Å². The lowest BCUT2D eigenvalue weighted by molar-refractivity contribution is -0.123. The first-order valence-corrected chi connectivity index (χ1v) is 16.1. The largest absolute Gasteiger partial charge is 0.507 e. The first-order chi connectivity index (χ1) is 20.8. The van der Waals surface area contributed by atoms with Crippen molar-refractivity contribution in [1.29, 1.82) is 0 Å². The molecule has 43 heavy (non-hydrogen) atoms. The molecule has 0 bridgehead atoms. The van der Waals surface area contributed by atoms with Crippen molar-refractivity contribution in [2.45, 2.75) is 76.9 Å². The standard InChI is InChI=1S/C34H49N3O5S/c1-4-7-8-9-10-11-12-13-14-15-16-17-18-19-20-21-26-43-34(5-2,6-3)32(41)35-24-25-36-33(42)37-28-22-23-30(38)29(27-28)31(39)40/h7-8,10-11,13-14,16-17,19-20,22-23,27,38H,4-6,9,12,15,18,21,24-26H2,1-3H3,(H,35,41)(H,39,40)(H2,36,37,42)/b8-7-,11-10-,14-13-,17-16-,20-19-. The number of urea groups is 1. The second-order valence-electron chi connectivity index (χ2n) is 9.72. The first kappa shape index (κ1) is 37.3. The number of amides is 3. The predicted molar refractivity (Wildman–Crippen MR) is 180 cm³/mol. The zero-order valence-electron chi connectivity index (χ0n) is 25.8. The number of carbonyl (C=O) groups is 3. The Morgan fingerprint density at radius 1 is 0.791 bits per heavy atom. The highest BCUT2D eigenvalue weighted by Crippen LogP contribution is 2.33. The number of thioether (sulfide) groups is 1. The number of anilines is 1. The lowest BCUT2D eigenvalue weighted by Crippen LogP contribution is -2.46. The van der Waals surface area contributed by atoms with Crippen LogP contribution in [-0.4, -0.2) is 51.7 Å². The lowest BCUT2D eigenvalue weighted by atomic mass is 10.0. The fraction of sp³-hybridized carbons (Fsp3) is 0.441. The smallest absolute Gasteiger partial charge is 0.339 e. The van der Waals surface area contributed by atoms with E-state index in [1.165, 1.54) is 18.2 Å². The molecule has 0 aliphatic carbocycles. The molecule has 1 rings (SSSR count). The topological polar surface area (TPSA) is 128 Å². The molecule has 0 atom stereocenters. The van der Waals surface area contributed by atoms with Crippen molar-refractivity contribution in [3.63, 3.8) is 0 Å². The number of benzene rings is 1. The molecule has 0 aliphatic heterocycles. The van der Waals surface area contributed by atoms with Crippen LogP contribution in [0.15, 0.2) is 79.0 Å². The fourth-order valence-electron chi connectivity index (χ4n) is 4.01. The Hall–Kier alpha value is -3.72. The summed E-state index contributed by atoms with van der Waals surface area (Å²) in [5, 5.41) is 26.8. The molecule has 0 spiro atoms. The number of hydrogen-bond acceptors (Lipinski definition) is 5. The molecule has 0 fully saturated rings. The van der Waals surface area contributed by atoms with E-state index in [0.717, 1.165) is 44.3 Å². The number of phenols is 1. The van der Waals surface area contributed by atoms with Crippen molar-refractivity contribution in [2.75, 3.05) is 24.2 Å². The van der Waals surface area contributed by atoms with Crippen LogP contribution in [0.1, 0.15) is 82.5 Å². The molecule has 0 aliphatic rings. The van der Waals surface area contributed by atoms with Gasteiger partial charge in [-0.1, -0.05) is 81.5 Å². The number of nitrogens with one attached hydrogen (secondary N) is 3. The fourth-order valence-corrected chi connectivity index (χ4v) is 5.26. The van der Waals surface area contributed by atoms with Gasteiger partial charge >= 0.3 is 12.0 Å². The van der Waals surface area contributed by atoms with Gasteiger partial charge in [0.15, 0.2) is 0 Å². The van der Waals surface area contributed by atoms with Crippen LogP contribution in [-0.2, 0) is 4.79 Å².